The van der Waals surface area contributed by atoms with Crippen molar-refractivity contribution in [2.24, 2.45) is 0 Å². The minimum absolute atomic E-state index is 0.309. The second-order valence-corrected chi connectivity index (χ2v) is 9.77. The van der Waals surface area contributed by atoms with Gasteiger partial charge in [-0.05, 0) is 41.5 Å². The molecule has 0 saturated heterocycles. The van der Waals surface area contributed by atoms with Gasteiger partial charge in [0.1, 0.15) is 16.5 Å². The standard InChI is InChI=1S/C13H25ClN2O6S/c1-12(2,3)21-10(17)15-7-9(23(14,19)20)8-16-11(18)22-13(4,5)6/h9H,7-8H2,1-6H3,(H,15,17)(H,16,18). The SMILES string of the molecule is CC(C)(C)OC(=O)NCC(CNC(=O)OC(C)(C)C)S(=O)(=O)Cl. The van der Waals surface area contributed by atoms with Crippen molar-refractivity contribution in [3.63, 3.8) is 0 Å². The van der Waals surface area contributed by atoms with E-state index >= 15 is 0 Å². The Morgan fingerprint density at radius 1 is 0.913 bits per heavy atom. The zero-order valence-corrected chi connectivity index (χ0v) is 15.8. The Hall–Kier alpha value is -1.22. The molecule has 2 amide bonds. The zero-order valence-electron chi connectivity index (χ0n) is 14.2. The molecule has 0 bridgehead atoms. The van der Waals surface area contributed by atoms with Crippen molar-refractivity contribution in [3.05, 3.63) is 0 Å². The largest absolute Gasteiger partial charge is 0.444 e. The van der Waals surface area contributed by atoms with Gasteiger partial charge >= 0.3 is 12.2 Å². The van der Waals surface area contributed by atoms with Crippen LogP contribution in [0.25, 0.3) is 0 Å². The summed E-state index contributed by atoms with van der Waals surface area (Å²) in [5.41, 5.74) is -1.43. The van der Waals surface area contributed by atoms with Gasteiger partial charge in [0.15, 0.2) is 0 Å². The van der Waals surface area contributed by atoms with Crippen LogP contribution >= 0.6 is 10.7 Å². The van der Waals surface area contributed by atoms with E-state index in [4.69, 9.17) is 20.2 Å². The van der Waals surface area contributed by atoms with E-state index in [1.807, 2.05) is 0 Å². The molecule has 0 aromatic heterocycles. The molecule has 0 aromatic rings. The van der Waals surface area contributed by atoms with Crippen LogP contribution in [0, 0.1) is 0 Å². The van der Waals surface area contributed by atoms with E-state index in [1.54, 1.807) is 41.5 Å². The Morgan fingerprint density at radius 3 is 1.43 bits per heavy atom. The average molecular weight is 373 g/mol. The van der Waals surface area contributed by atoms with Crippen LogP contribution < -0.4 is 10.6 Å². The number of nitrogens with one attached hydrogen (secondary N) is 2. The van der Waals surface area contributed by atoms with Crippen LogP contribution in [-0.4, -0.2) is 50.1 Å². The van der Waals surface area contributed by atoms with E-state index in [0.717, 1.165) is 0 Å². The van der Waals surface area contributed by atoms with Crippen molar-refractivity contribution in [1.82, 2.24) is 10.6 Å². The van der Waals surface area contributed by atoms with Gasteiger partial charge in [-0.15, -0.1) is 0 Å². The summed E-state index contributed by atoms with van der Waals surface area (Å²) in [5.74, 6) is 0. The molecule has 2 N–H and O–H groups in total. The van der Waals surface area contributed by atoms with E-state index in [9.17, 15) is 18.0 Å². The summed E-state index contributed by atoms with van der Waals surface area (Å²) in [5, 5.41) is 3.38. The highest BCUT2D eigenvalue weighted by Crippen LogP contribution is 2.10. The second kappa shape index (κ2) is 8.05. The van der Waals surface area contributed by atoms with Crippen LogP contribution in [0.1, 0.15) is 41.5 Å². The first-order valence-corrected chi connectivity index (χ1v) is 9.34. The van der Waals surface area contributed by atoms with Crippen molar-refractivity contribution >= 4 is 31.9 Å². The van der Waals surface area contributed by atoms with Gasteiger partial charge in [-0.2, -0.15) is 0 Å². The molecule has 0 unspecified atom stereocenters. The molecule has 0 radical (unpaired) electrons. The van der Waals surface area contributed by atoms with Crippen LogP contribution in [0.3, 0.4) is 0 Å². The number of amides is 2. The van der Waals surface area contributed by atoms with E-state index < -0.39 is 37.7 Å². The summed E-state index contributed by atoms with van der Waals surface area (Å²) in [7, 11) is 1.31. The van der Waals surface area contributed by atoms with Crippen LogP contribution in [-0.2, 0) is 18.5 Å². The van der Waals surface area contributed by atoms with Crippen LogP contribution in [0.4, 0.5) is 9.59 Å². The summed E-state index contributed by atoms with van der Waals surface area (Å²) in [6.07, 6.45) is -1.56. The van der Waals surface area contributed by atoms with E-state index in [-0.39, 0.29) is 13.1 Å². The highest BCUT2D eigenvalue weighted by atomic mass is 35.7. The number of rotatable bonds is 5. The molecule has 0 rings (SSSR count). The van der Waals surface area contributed by atoms with Gasteiger partial charge in [0, 0.05) is 23.8 Å². The number of ether oxygens (including phenoxy) is 2. The molecule has 0 fully saturated rings. The van der Waals surface area contributed by atoms with Crippen LogP contribution in [0.2, 0.25) is 0 Å². The number of hydrogen-bond acceptors (Lipinski definition) is 6. The molecule has 0 aliphatic carbocycles. The van der Waals surface area contributed by atoms with E-state index in [0.29, 0.717) is 0 Å². The van der Waals surface area contributed by atoms with E-state index in [1.165, 1.54) is 0 Å². The van der Waals surface area contributed by atoms with Crippen molar-refractivity contribution in [2.75, 3.05) is 13.1 Å². The fourth-order valence-corrected chi connectivity index (χ4v) is 2.24. The Balaban J connectivity index is 4.57. The topological polar surface area (TPSA) is 111 Å². The molecular formula is C13H25ClN2O6S. The fraction of sp³-hybridized carbons (Fsp3) is 0.846. The van der Waals surface area contributed by atoms with Gasteiger partial charge in [-0.3, -0.25) is 0 Å². The minimum atomic E-state index is -4.01. The first-order valence-electron chi connectivity index (χ1n) is 6.97. The maximum atomic E-state index is 11.5. The molecule has 0 spiro atoms. The monoisotopic (exact) mass is 372 g/mol. The van der Waals surface area contributed by atoms with Gasteiger partial charge in [0.2, 0.25) is 9.05 Å². The number of halogens is 1. The van der Waals surface area contributed by atoms with Gasteiger partial charge in [0.05, 0.1) is 0 Å². The Kier molecular flexibility index (Phi) is 7.62. The molecule has 0 heterocycles. The molecule has 10 heteroatoms. The molecule has 0 saturated carbocycles. The normalized spacial score (nSPS) is 12.7. The maximum Gasteiger partial charge on any atom is 0.407 e. The van der Waals surface area contributed by atoms with E-state index in [2.05, 4.69) is 10.6 Å². The average Bonchev–Trinajstić information content (AvgIpc) is 2.21. The van der Waals surface area contributed by atoms with Crippen molar-refractivity contribution in [2.45, 2.75) is 58.0 Å². The van der Waals surface area contributed by atoms with Crippen molar-refractivity contribution in [3.8, 4) is 0 Å². The molecule has 0 atom stereocenters. The molecule has 0 aliphatic heterocycles. The summed E-state index contributed by atoms with van der Waals surface area (Å²) < 4.78 is 33.0. The Morgan fingerprint density at radius 2 is 1.22 bits per heavy atom. The Bertz CT molecular complexity index is 490. The summed E-state index contributed by atoms with van der Waals surface area (Å²) in [4.78, 5) is 23.1. The highest BCUT2D eigenvalue weighted by molar-refractivity contribution is 8.14. The smallest absolute Gasteiger partial charge is 0.407 e. The second-order valence-electron chi connectivity index (χ2n) is 6.86. The predicted molar refractivity (Wildman–Crippen MR) is 87.0 cm³/mol. The maximum absolute atomic E-state index is 11.5. The third kappa shape index (κ3) is 11.9. The zero-order chi connectivity index (χ0) is 18.5. The highest BCUT2D eigenvalue weighted by Gasteiger charge is 2.27. The lowest BCUT2D eigenvalue weighted by Crippen LogP contribution is -2.45. The molecule has 0 aliphatic rings. The number of carbonyl (C=O) groups excluding carboxylic acids is 2. The van der Waals surface area contributed by atoms with Crippen LogP contribution in [0.5, 0.6) is 0 Å². The minimum Gasteiger partial charge on any atom is -0.444 e. The molecule has 0 aromatic carbocycles. The van der Waals surface area contributed by atoms with Gasteiger partial charge in [-0.1, -0.05) is 0 Å². The first-order chi connectivity index (χ1) is 10.1. The van der Waals surface area contributed by atoms with Gasteiger partial charge < -0.3 is 20.1 Å². The lowest BCUT2D eigenvalue weighted by Gasteiger charge is -2.22. The van der Waals surface area contributed by atoms with Crippen LogP contribution in [0.15, 0.2) is 0 Å². The number of alkyl carbamates (subject to hydrolysis) is 2. The summed E-state index contributed by atoms with van der Waals surface area (Å²) in [6, 6.07) is 0. The summed E-state index contributed by atoms with van der Waals surface area (Å²) in [6.45, 7) is 9.42. The molecule has 136 valence electrons. The Labute approximate surface area is 141 Å². The molecular weight excluding hydrogens is 348 g/mol. The number of hydrogen-bond donors (Lipinski definition) is 2. The quantitative estimate of drug-likeness (QED) is 0.714. The molecule has 8 nitrogen and oxygen atoms in total. The lowest BCUT2D eigenvalue weighted by atomic mass is 10.2. The predicted octanol–water partition coefficient (Wildman–Crippen LogP) is 1.97. The first kappa shape index (κ1) is 21.8. The molecule has 23 heavy (non-hydrogen) atoms. The third-order valence-corrected chi connectivity index (χ3v) is 4.03. The summed E-state index contributed by atoms with van der Waals surface area (Å²) >= 11 is 0. The lowest BCUT2D eigenvalue weighted by molar-refractivity contribution is 0.0526. The van der Waals surface area contributed by atoms with Crippen molar-refractivity contribution < 1.29 is 27.5 Å². The number of carbonyl (C=O) groups is 2. The fourth-order valence-electron chi connectivity index (χ4n) is 1.29. The van der Waals surface area contributed by atoms with Crippen molar-refractivity contribution in [1.29, 1.82) is 0 Å². The third-order valence-electron chi connectivity index (χ3n) is 2.14. The van der Waals surface area contributed by atoms with Gasteiger partial charge in [-0.25, -0.2) is 18.0 Å². The van der Waals surface area contributed by atoms with Gasteiger partial charge in [0.25, 0.3) is 0 Å².